The third-order valence-electron chi connectivity index (χ3n) is 2.76. The van der Waals surface area contributed by atoms with E-state index in [2.05, 4.69) is 9.47 Å². The van der Waals surface area contributed by atoms with E-state index in [1.807, 2.05) is 0 Å². The van der Waals surface area contributed by atoms with Crippen molar-refractivity contribution in [1.29, 1.82) is 0 Å². The van der Waals surface area contributed by atoms with E-state index < -0.39 is 66.9 Å². The summed E-state index contributed by atoms with van der Waals surface area (Å²) in [6, 6.07) is 0.216. The summed E-state index contributed by atoms with van der Waals surface area (Å²) in [6.45, 7) is 0. The van der Waals surface area contributed by atoms with Gasteiger partial charge in [-0.05, 0) is 0 Å². The molecule has 0 unspecified atom stereocenters. The van der Waals surface area contributed by atoms with E-state index in [0.717, 1.165) is 0 Å². The highest BCUT2D eigenvalue weighted by Gasteiger charge is 2.43. The number of carbonyl (C=O) groups is 1. The van der Waals surface area contributed by atoms with Crippen LogP contribution in [0.1, 0.15) is 0 Å². The van der Waals surface area contributed by atoms with Gasteiger partial charge >= 0.3 is 35.8 Å². The predicted octanol–water partition coefficient (Wildman–Crippen LogP) is 4.66. The van der Waals surface area contributed by atoms with Crippen LogP contribution in [0.5, 0.6) is 5.75 Å². The standard InChI is InChI=1S/C12H5F6N3O9S/c13-11(14,15)2-1-3-31-6-4-5(19(23)24)9(29-10(22)30-12(16,17)18)8(21(27)28)7(6)20(25)26/h1-2,4H,3H2. The Morgan fingerprint density at radius 2 is 1.55 bits per heavy atom. The van der Waals surface area contributed by atoms with Gasteiger partial charge in [-0.1, -0.05) is 6.08 Å². The minimum atomic E-state index is -5.66. The fourth-order valence-electron chi connectivity index (χ4n) is 1.81. The van der Waals surface area contributed by atoms with Gasteiger partial charge in [-0.25, -0.2) is 4.79 Å². The van der Waals surface area contributed by atoms with Gasteiger partial charge < -0.3 is 9.47 Å². The maximum Gasteiger partial charge on any atom is 0.577 e. The minimum Gasteiger partial charge on any atom is -0.380 e. The van der Waals surface area contributed by atoms with Gasteiger partial charge in [-0.15, -0.1) is 24.9 Å². The molecule has 0 radical (unpaired) electrons. The summed E-state index contributed by atoms with van der Waals surface area (Å²) < 4.78 is 79.1. The maximum absolute atomic E-state index is 12.1. The molecule has 0 amide bonds. The number of rotatable bonds is 7. The number of halogens is 6. The zero-order chi connectivity index (χ0) is 24.1. The summed E-state index contributed by atoms with van der Waals surface area (Å²) >= 11 is 0.128. The molecule has 170 valence electrons. The van der Waals surface area contributed by atoms with Gasteiger partial charge in [0.25, 0.3) is 5.75 Å². The van der Waals surface area contributed by atoms with Crippen molar-refractivity contribution in [1.82, 2.24) is 0 Å². The van der Waals surface area contributed by atoms with Gasteiger partial charge in [0.2, 0.25) is 0 Å². The second kappa shape index (κ2) is 9.45. The fraction of sp³-hybridized carbons (Fsp3) is 0.250. The van der Waals surface area contributed by atoms with Crippen molar-refractivity contribution in [3.05, 3.63) is 48.6 Å². The molecule has 0 bridgehead atoms. The van der Waals surface area contributed by atoms with E-state index in [1.165, 1.54) is 0 Å². The normalized spacial score (nSPS) is 11.9. The quantitative estimate of drug-likeness (QED) is 0.102. The third kappa shape index (κ3) is 7.60. The summed E-state index contributed by atoms with van der Waals surface area (Å²) in [4.78, 5) is 39.3. The number of nitrogens with zero attached hydrogens (tertiary/aromatic N) is 3. The second-order valence-electron chi connectivity index (χ2n) is 4.85. The molecule has 0 heterocycles. The van der Waals surface area contributed by atoms with E-state index in [0.29, 0.717) is 6.08 Å². The zero-order valence-corrected chi connectivity index (χ0v) is 14.9. The number of hydrogen-bond donors (Lipinski definition) is 0. The highest BCUT2D eigenvalue weighted by Crippen LogP contribution is 2.49. The molecule has 31 heavy (non-hydrogen) atoms. The minimum absolute atomic E-state index is 0.128. The Kier molecular flexibility index (Phi) is 7.74. The highest BCUT2D eigenvalue weighted by atomic mass is 32.2. The van der Waals surface area contributed by atoms with Crippen LogP contribution in [0.25, 0.3) is 0 Å². The molecule has 0 aliphatic carbocycles. The Bertz CT molecular complexity index is 947. The molecule has 0 aliphatic rings. The Morgan fingerprint density at radius 3 is 1.97 bits per heavy atom. The average Bonchev–Trinajstić information content (AvgIpc) is 2.55. The molecule has 0 spiro atoms. The third-order valence-corrected chi connectivity index (χ3v) is 3.74. The van der Waals surface area contributed by atoms with Gasteiger partial charge in [0.15, 0.2) is 0 Å². The Labute approximate surface area is 168 Å². The molecular weight excluding hydrogens is 476 g/mol. The van der Waals surface area contributed by atoms with Crippen LogP contribution in [0.2, 0.25) is 0 Å². The van der Waals surface area contributed by atoms with Gasteiger partial charge in [0.1, 0.15) is 4.90 Å². The predicted molar refractivity (Wildman–Crippen MR) is 85.5 cm³/mol. The molecule has 1 aromatic rings. The van der Waals surface area contributed by atoms with Crippen molar-refractivity contribution < 1.29 is 55.4 Å². The lowest BCUT2D eigenvalue weighted by molar-refractivity contribution is -0.427. The van der Waals surface area contributed by atoms with Crippen LogP contribution in [0.15, 0.2) is 23.1 Å². The average molecular weight is 481 g/mol. The van der Waals surface area contributed by atoms with Gasteiger partial charge in [0, 0.05) is 17.9 Å². The van der Waals surface area contributed by atoms with Crippen molar-refractivity contribution in [2.75, 3.05) is 5.75 Å². The number of ether oxygens (including phenoxy) is 2. The lowest BCUT2D eigenvalue weighted by Gasteiger charge is -2.10. The first-order valence-electron chi connectivity index (χ1n) is 7.02. The molecule has 0 N–H and O–H groups in total. The van der Waals surface area contributed by atoms with E-state index in [4.69, 9.17) is 0 Å². The summed E-state index contributed by atoms with van der Waals surface area (Å²) in [7, 11) is 0. The second-order valence-corrected chi connectivity index (χ2v) is 5.91. The number of benzene rings is 1. The molecule has 0 fully saturated rings. The smallest absolute Gasteiger partial charge is 0.380 e. The van der Waals surface area contributed by atoms with E-state index in [1.54, 1.807) is 0 Å². The van der Waals surface area contributed by atoms with E-state index in [-0.39, 0.29) is 23.9 Å². The van der Waals surface area contributed by atoms with Crippen LogP contribution in [-0.2, 0) is 4.74 Å². The number of nitro groups is 3. The van der Waals surface area contributed by atoms with E-state index in [9.17, 15) is 61.5 Å². The first kappa shape index (κ1) is 25.4. The Balaban J connectivity index is 3.60. The molecule has 1 rings (SSSR count). The number of nitro benzene ring substituents is 3. The molecule has 19 heteroatoms. The summed E-state index contributed by atoms with van der Waals surface area (Å²) in [5.74, 6) is -2.54. The van der Waals surface area contributed by atoms with E-state index >= 15 is 0 Å². The highest BCUT2D eigenvalue weighted by molar-refractivity contribution is 7.99. The molecule has 12 nitrogen and oxygen atoms in total. The number of allylic oxidation sites excluding steroid dienone is 1. The Morgan fingerprint density at radius 1 is 1.00 bits per heavy atom. The van der Waals surface area contributed by atoms with Crippen LogP contribution < -0.4 is 4.74 Å². The van der Waals surface area contributed by atoms with Crippen molar-refractivity contribution in [3.63, 3.8) is 0 Å². The lowest BCUT2D eigenvalue weighted by atomic mass is 10.2. The number of alkyl halides is 6. The van der Waals surface area contributed by atoms with Crippen LogP contribution in [0.4, 0.5) is 48.2 Å². The van der Waals surface area contributed by atoms with Crippen molar-refractivity contribution in [3.8, 4) is 5.75 Å². The first-order chi connectivity index (χ1) is 14.0. The zero-order valence-electron chi connectivity index (χ0n) is 14.1. The monoisotopic (exact) mass is 481 g/mol. The molecule has 0 aromatic heterocycles. The van der Waals surface area contributed by atoms with Crippen LogP contribution >= 0.6 is 11.8 Å². The molecule has 1 aromatic carbocycles. The summed E-state index contributed by atoms with van der Waals surface area (Å²) in [6.07, 6.45) is -13.0. The topological polar surface area (TPSA) is 165 Å². The summed E-state index contributed by atoms with van der Waals surface area (Å²) in [5, 5.41) is 33.7. The molecule has 0 saturated carbocycles. The van der Waals surface area contributed by atoms with Crippen molar-refractivity contribution >= 4 is 35.0 Å². The van der Waals surface area contributed by atoms with Crippen LogP contribution in [0.3, 0.4) is 0 Å². The largest absolute Gasteiger partial charge is 0.577 e. The molecule has 0 atom stereocenters. The van der Waals surface area contributed by atoms with Crippen molar-refractivity contribution in [2.24, 2.45) is 0 Å². The SMILES string of the molecule is O=C(Oc1c([N+](=O)[O-])cc(SCC=CC(F)(F)F)c([N+](=O)[O-])c1[N+](=O)[O-])OC(F)(F)F. The van der Waals surface area contributed by atoms with Gasteiger partial charge in [-0.3, -0.25) is 30.3 Å². The lowest BCUT2D eigenvalue weighted by Crippen LogP contribution is -2.23. The van der Waals surface area contributed by atoms with Gasteiger partial charge in [0.05, 0.1) is 14.8 Å². The summed E-state index contributed by atoms with van der Waals surface area (Å²) in [5.41, 5.74) is -5.02. The maximum atomic E-state index is 12.1. The van der Waals surface area contributed by atoms with Crippen LogP contribution in [-0.4, -0.2) is 39.2 Å². The Hall–Kier alpha value is -3.64. The fourth-order valence-corrected chi connectivity index (χ4v) is 2.69. The molecular formula is C12H5F6N3O9S. The molecule has 0 aliphatic heterocycles. The molecule has 0 saturated heterocycles. The number of hydrogen-bond acceptors (Lipinski definition) is 10. The van der Waals surface area contributed by atoms with Crippen molar-refractivity contribution in [2.45, 2.75) is 17.4 Å². The first-order valence-corrected chi connectivity index (χ1v) is 8.01. The number of carbonyl (C=O) groups excluding carboxylic acids is 1. The van der Waals surface area contributed by atoms with Crippen LogP contribution in [0, 0.1) is 30.3 Å². The van der Waals surface area contributed by atoms with Gasteiger partial charge in [-0.2, -0.15) is 13.2 Å². The number of thioether (sulfide) groups is 1.